The van der Waals surface area contributed by atoms with E-state index in [-0.39, 0.29) is 5.41 Å². The first kappa shape index (κ1) is 19.5. The first-order chi connectivity index (χ1) is 9.51. The fourth-order valence-corrected chi connectivity index (χ4v) is 2.84. The molecule has 1 nitrogen and oxygen atoms in total. The van der Waals surface area contributed by atoms with Crippen LogP contribution in [0.5, 0.6) is 0 Å². The summed E-state index contributed by atoms with van der Waals surface area (Å²) in [4.78, 5) is 12.7. The number of ketones is 1. The van der Waals surface area contributed by atoms with Crippen LogP contribution in [0.15, 0.2) is 11.4 Å². The second-order valence-electron chi connectivity index (χ2n) is 6.48. The number of hydrogen-bond acceptors (Lipinski definition) is 1. The lowest BCUT2D eigenvalue weighted by molar-refractivity contribution is -0.124. The summed E-state index contributed by atoms with van der Waals surface area (Å²) in [5, 5.41) is 0. The third-order valence-electron chi connectivity index (χ3n) is 4.50. The molecular weight excluding hydrogens is 242 g/mol. The zero-order chi connectivity index (χ0) is 15.4. The molecule has 0 aliphatic carbocycles. The van der Waals surface area contributed by atoms with Crippen molar-refractivity contribution in [3.05, 3.63) is 11.4 Å². The minimum atomic E-state index is -0.127. The Morgan fingerprint density at radius 3 is 1.75 bits per heavy atom. The molecule has 0 saturated carbocycles. The van der Waals surface area contributed by atoms with Crippen LogP contribution < -0.4 is 0 Å². The molecule has 0 aromatic carbocycles. The summed E-state index contributed by atoms with van der Waals surface area (Å²) < 4.78 is 0. The van der Waals surface area contributed by atoms with Crippen LogP contribution in [0.1, 0.15) is 85.0 Å². The summed E-state index contributed by atoms with van der Waals surface area (Å²) in [6, 6.07) is 0. The fraction of sp³-hybridized carbons (Fsp3) is 0.824. The molecule has 0 atom stereocenters. The van der Waals surface area contributed by atoms with Gasteiger partial charge in [0.05, 0.1) is 0 Å². The van der Waals surface area contributed by atoms with Crippen LogP contribution in [0.2, 0.25) is 0 Å². The van der Waals surface area contributed by atoms with Crippen molar-refractivity contribution < 1.29 is 4.79 Å². The van der Waals surface area contributed by atoms with E-state index in [0.717, 1.165) is 18.3 Å². The minimum absolute atomic E-state index is 0.127. The lowest BCUT2D eigenvalue weighted by atomic mass is 9.69. The van der Waals surface area contributed by atoms with Crippen molar-refractivity contribution in [1.29, 1.82) is 0 Å². The molecule has 0 amide bonds. The van der Waals surface area contributed by atoms with E-state index in [9.17, 15) is 4.79 Å². The molecule has 0 rings (SSSR count). The Hall–Kier alpha value is -0.460. The van der Waals surface area contributed by atoms with Gasteiger partial charge in [0.1, 0.15) is 15.7 Å². The highest BCUT2D eigenvalue weighted by Crippen LogP contribution is 2.34. The maximum absolute atomic E-state index is 12.7. The van der Waals surface area contributed by atoms with Crippen molar-refractivity contribution in [2.24, 2.45) is 5.41 Å². The van der Waals surface area contributed by atoms with E-state index in [1.165, 1.54) is 51.4 Å². The lowest BCUT2D eigenvalue weighted by Crippen LogP contribution is -2.29. The van der Waals surface area contributed by atoms with E-state index in [1.807, 2.05) is 21.7 Å². The highest BCUT2D eigenvalue weighted by molar-refractivity contribution is 6.41. The lowest BCUT2D eigenvalue weighted by Gasteiger charge is -2.29. The second kappa shape index (κ2) is 11.2. The molecule has 114 valence electrons. The molecule has 0 saturated heterocycles. The average molecular weight is 276 g/mol. The third kappa shape index (κ3) is 7.36. The van der Waals surface area contributed by atoms with E-state index < -0.39 is 0 Å². The van der Waals surface area contributed by atoms with Crippen LogP contribution in [0.3, 0.4) is 0 Å². The Kier molecular flexibility index (Phi) is 11.0. The van der Waals surface area contributed by atoms with Gasteiger partial charge in [-0.3, -0.25) is 4.79 Å². The largest absolute Gasteiger partial charge is 0.295 e. The standard InChI is InChI=1S/C17H34B2O/c1-4-6-8-10-12-17(3,13-11-9-7-5-2)16(20)15(19)14-18/h14H,4-13,18-19H2,1-3H3/b15-14-. The van der Waals surface area contributed by atoms with Crippen LogP contribution in [0.25, 0.3) is 0 Å². The monoisotopic (exact) mass is 276 g/mol. The summed E-state index contributed by atoms with van der Waals surface area (Å²) in [7, 11) is 3.94. The maximum Gasteiger partial charge on any atom is 0.154 e. The van der Waals surface area contributed by atoms with Crippen LogP contribution in [-0.4, -0.2) is 21.5 Å². The van der Waals surface area contributed by atoms with Gasteiger partial charge in [0.15, 0.2) is 5.78 Å². The molecule has 0 aliphatic heterocycles. The molecule has 0 aromatic rings. The molecule has 0 bridgehead atoms. The molecule has 0 heterocycles. The van der Waals surface area contributed by atoms with Gasteiger partial charge in [0.25, 0.3) is 0 Å². The molecule has 0 aromatic heterocycles. The summed E-state index contributed by atoms with van der Waals surface area (Å²) in [6.07, 6.45) is 12.1. The summed E-state index contributed by atoms with van der Waals surface area (Å²) in [5.74, 6) is 2.35. The summed E-state index contributed by atoms with van der Waals surface area (Å²) >= 11 is 0. The van der Waals surface area contributed by atoms with Crippen LogP contribution >= 0.6 is 0 Å². The minimum Gasteiger partial charge on any atom is -0.295 e. The van der Waals surface area contributed by atoms with Crippen molar-refractivity contribution in [2.45, 2.75) is 85.0 Å². The maximum atomic E-state index is 12.7. The van der Waals surface area contributed by atoms with Crippen molar-refractivity contribution in [1.82, 2.24) is 0 Å². The quantitative estimate of drug-likeness (QED) is 0.302. The van der Waals surface area contributed by atoms with Crippen molar-refractivity contribution in [3.63, 3.8) is 0 Å². The molecule has 3 heteroatoms. The number of carbonyl (C=O) groups excluding carboxylic acids is 1. The molecule has 0 spiro atoms. The van der Waals surface area contributed by atoms with Gasteiger partial charge in [0, 0.05) is 5.41 Å². The Balaban J connectivity index is 4.53. The van der Waals surface area contributed by atoms with Crippen molar-refractivity contribution >= 4 is 21.5 Å². The van der Waals surface area contributed by atoms with E-state index in [0.29, 0.717) is 5.78 Å². The van der Waals surface area contributed by atoms with Crippen LogP contribution in [0, 0.1) is 5.41 Å². The molecule has 0 N–H and O–H groups in total. The average Bonchev–Trinajstić information content (AvgIpc) is 2.46. The van der Waals surface area contributed by atoms with Gasteiger partial charge >= 0.3 is 0 Å². The number of allylic oxidation sites excluding steroid dienone is 1. The zero-order valence-electron chi connectivity index (χ0n) is 14.6. The first-order valence-corrected chi connectivity index (χ1v) is 8.69. The molecule has 0 radical (unpaired) electrons. The van der Waals surface area contributed by atoms with Gasteiger partial charge in [-0.05, 0) is 12.8 Å². The summed E-state index contributed by atoms with van der Waals surface area (Å²) in [6.45, 7) is 6.67. The second-order valence-corrected chi connectivity index (χ2v) is 6.48. The Bertz CT molecular complexity index is 285. The van der Waals surface area contributed by atoms with Crippen LogP contribution in [0.4, 0.5) is 0 Å². The van der Waals surface area contributed by atoms with Crippen molar-refractivity contribution in [2.75, 3.05) is 0 Å². The van der Waals surface area contributed by atoms with E-state index in [2.05, 4.69) is 20.8 Å². The van der Waals surface area contributed by atoms with Gasteiger partial charge in [-0.2, -0.15) is 0 Å². The molecular formula is C17H34B2O. The van der Waals surface area contributed by atoms with E-state index >= 15 is 0 Å². The molecule has 0 fully saturated rings. The van der Waals surface area contributed by atoms with Gasteiger partial charge in [-0.25, -0.2) is 0 Å². The number of Topliss-reactive ketones (excluding diaryl/α,β-unsaturated/α-hetero) is 1. The van der Waals surface area contributed by atoms with Gasteiger partial charge in [-0.15, -0.1) is 5.98 Å². The van der Waals surface area contributed by atoms with Crippen molar-refractivity contribution in [3.8, 4) is 0 Å². The van der Waals surface area contributed by atoms with E-state index in [4.69, 9.17) is 0 Å². The SMILES string of the molecule is B/C=C(\B)C(=O)C(C)(CCCCCC)CCCCCC. The fourth-order valence-electron chi connectivity index (χ4n) is 2.84. The van der Waals surface area contributed by atoms with Gasteiger partial charge < -0.3 is 0 Å². The topological polar surface area (TPSA) is 17.1 Å². The van der Waals surface area contributed by atoms with Gasteiger partial charge in [-0.1, -0.05) is 77.6 Å². The predicted octanol–water partition coefficient (Wildman–Crippen LogP) is 3.61. The number of unbranched alkanes of at least 4 members (excludes halogenated alkanes) is 6. The predicted molar refractivity (Wildman–Crippen MR) is 95.8 cm³/mol. The molecule has 0 aliphatic rings. The Labute approximate surface area is 128 Å². The third-order valence-corrected chi connectivity index (χ3v) is 4.50. The zero-order valence-corrected chi connectivity index (χ0v) is 14.6. The molecule has 20 heavy (non-hydrogen) atoms. The molecule has 0 unspecified atom stereocenters. The summed E-state index contributed by atoms with van der Waals surface area (Å²) in [5.41, 5.74) is 0.816. The number of hydrogen-bond donors (Lipinski definition) is 0. The normalized spacial score (nSPS) is 12.7. The first-order valence-electron chi connectivity index (χ1n) is 8.69. The number of rotatable bonds is 12. The highest BCUT2D eigenvalue weighted by Gasteiger charge is 2.31. The Morgan fingerprint density at radius 1 is 0.950 bits per heavy atom. The van der Waals surface area contributed by atoms with Gasteiger partial charge in [0.2, 0.25) is 0 Å². The highest BCUT2D eigenvalue weighted by atomic mass is 16.1. The van der Waals surface area contributed by atoms with Crippen LogP contribution in [-0.2, 0) is 4.79 Å². The smallest absolute Gasteiger partial charge is 0.154 e. The number of carbonyl (C=O) groups is 1. The Morgan fingerprint density at radius 2 is 1.40 bits per heavy atom. The van der Waals surface area contributed by atoms with E-state index in [1.54, 1.807) is 0 Å².